The molecule has 0 unspecified atom stereocenters. The van der Waals surface area contributed by atoms with Gasteiger partial charge in [0.15, 0.2) is 3.95 Å². The number of hydrogen-bond donors (Lipinski definition) is 0. The average molecular weight is 483 g/mol. The lowest BCUT2D eigenvalue weighted by Crippen LogP contribution is -2.23. The molecule has 166 valence electrons. The first-order valence-corrected chi connectivity index (χ1v) is 11.4. The fraction of sp³-hybridized carbons (Fsp3) is 0.120. The van der Waals surface area contributed by atoms with E-state index in [2.05, 4.69) is 0 Å². The smallest absolute Gasteiger partial charge is 0.288 e. The Morgan fingerprint density at radius 1 is 0.970 bits per heavy atom. The maximum absolute atomic E-state index is 13.6. The Bertz CT molecular complexity index is 1640. The summed E-state index contributed by atoms with van der Waals surface area (Å²) in [5, 5.41) is 0.502. The normalized spacial score (nSPS) is 12.0. The van der Waals surface area contributed by atoms with Crippen molar-refractivity contribution in [2.75, 3.05) is 0 Å². The summed E-state index contributed by atoms with van der Waals surface area (Å²) in [7, 11) is 0. The quantitative estimate of drug-likeness (QED) is 0.257. The number of fused-ring (bicyclic) bond motifs is 3. The van der Waals surface area contributed by atoms with Crippen LogP contribution in [0.4, 0.5) is 13.2 Å². The van der Waals surface area contributed by atoms with Crippen LogP contribution in [-0.2, 0) is 12.7 Å². The first kappa shape index (κ1) is 21.6. The number of rotatable bonds is 3. The standard InChI is InChI=1S/C25H17F3N2OS2/c1-15-6-4-7-16(12-15)14-29-22-21(17-8-5-9-18(13-17)25(26,27)28)33-24(32)30(22)20-11-3-2-10-19(20)23(29)31/h2-13H,14H2,1H3. The average Bonchev–Trinajstić information content (AvgIpc) is 3.13. The van der Waals surface area contributed by atoms with E-state index in [9.17, 15) is 18.0 Å². The minimum atomic E-state index is -4.47. The van der Waals surface area contributed by atoms with Crippen molar-refractivity contribution in [3.05, 3.63) is 104 Å². The number of nitrogens with zero attached hydrogens (tertiary/aromatic N) is 2. The molecule has 0 spiro atoms. The van der Waals surface area contributed by atoms with E-state index in [0.29, 0.717) is 30.9 Å². The van der Waals surface area contributed by atoms with Gasteiger partial charge in [0, 0.05) is 0 Å². The van der Waals surface area contributed by atoms with Crippen LogP contribution in [0.15, 0.2) is 77.6 Å². The van der Waals surface area contributed by atoms with Crippen LogP contribution in [0.1, 0.15) is 16.7 Å². The van der Waals surface area contributed by atoms with Gasteiger partial charge in [0.25, 0.3) is 5.56 Å². The van der Waals surface area contributed by atoms with Crippen molar-refractivity contribution in [2.24, 2.45) is 0 Å². The van der Waals surface area contributed by atoms with Crippen molar-refractivity contribution in [1.29, 1.82) is 0 Å². The minimum Gasteiger partial charge on any atom is -0.288 e. The second-order valence-corrected chi connectivity index (χ2v) is 9.48. The number of aryl methyl sites for hydroxylation is 1. The summed E-state index contributed by atoms with van der Waals surface area (Å²) in [5.74, 6) is 0. The maximum Gasteiger partial charge on any atom is 0.416 e. The number of thiazole rings is 1. The van der Waals surface area contributed by atoms with Gasteiger partial charge in [-0.25, -0.2) is 0 Å². The summed E-state index contributed by atoms with van der Waals surface area (Å²) in [6.45, 7) is 2.24. The van der Waals surface area contributed by atoms with Crippen molar-refractivity contribution in [3.63, 3.8) is 0 Å². The molecule has 0 bridgehead atoms. The van der Waals surface area contributed by atoms with Gasteiger partial charge < -0.3 is 0 Å². The predicted molar refractivity (Wildman–Crippen MR) is 129 cm³/mol. The van der Waals surface area contributed by atoms with Gasteiger partial charge in [-0.1, -0.05) is 54.1 Å². The summed E-state index contributed by atoms with van der Waals surface area (Å²) in [4.78, 5) is 14.1. The molecule has 0 aliphatic rings. The molecule has 0 amide bonds. The van der Waals surface area contributed by atoms with Crippen LogP contribution in [0.2, 0.25) is 0 Å². The Morgan fingerprint density at radius 3 is 2.48 bits per heavy atom. The molecule has 0 N–H and O–H groups in total. The van der Waals surface area contributed by atoms with Gasteiger partial charge in [0.05, 0.1) is 27.9 Å². The molecule has 8 heteroatoms. The number of alkyl halides is 3. The van der Waals surface area contributed by atoms with Crippen LogP contribution in [0, 0.1) is 10.9 Å². The topological polar surface area (TPSA) is 26.4 Å². The zero-order chi connectivity index (χ0) is 23.3. The van der Waals surface area contributed by atoms with Crippen LogP contribution < -0.4 is 5.56 Å². The van der Waals surface area contributed by atoms with Gasteiger partial charge in [-0.05, 0) is 54.5 Å². The van der Waals surface area contributed by atoms with E-state index in [-0.39, 0.29) is 12.1 Å². The summed E-state index contributed by atoms with van der Waals surface area (Å²) in [6.07, 6.45) is -4.47. The molecular formula is C25H17F3N2OS2. The van der Waals surface area contributed by atoms with Gasteiger partial charge >= 0.3 is 6.18 Å². The number of hydrogen-bond acceptors (Lipinski definition) is 3. The SMILES string of the molecule is Cc1cccc(Cn2c(=O)c3ccccc3n3c(=S)sc(-c4cccc(C(F)(F)F)c4)c23)c1. The summed E-state index contributed by atoms with van der Waals surface area (Å²) >= 11 is 6.84. The Morgan fingerprint density at radius 2 is 1.73 bits per heavy atom. The predicted octanol–water partition coefficient (Wildman–Crippen LogP) is 7.09. The molecule has 5 aromatic rings. The van der Waals surface area contributed by atoms with Crippen molar-refractivity contribution in [3.8, 4) is 10.4 Å². The molecule has 2 aromatic heterocycles. The van der Waals surface area contributed by atoms with Crippen LogP contribution in [-0.4, -0.2) is 8.97 Å². The Kier molecular flexibility index (Phi) is 5.22. The summed E-state index contributed by atoms with van der Waals surface area (Å²) in [5.41, 5.74) is 2.51. The van der Waals surface area contributed by atoms with Crippen molar-refractivity contribution in [2.45, 2.75) is 19.6 Å². The van der Waals surface area contributed by atoms with E-state index in [4.69, 9.17) is 12.2 Å². The van der Waals surface area contributed by atoms with Crippen molar-refractivity contribution >= 4 is 40.1 Å². The number of benzene rings is 3. The van der Waals surface area contributed by atoms with Crippen LogP contribution in [0.25, 0.3) is 27.0 Å². The highest BCUT2D eigenvalue weighted by Gasteiger charge is 2.31. The van der Waals surface area contributed by atoms with E-state index < -0.39 is 11.7 Å². The van der Waals surface area contributed by atoms with Gasteiger partial charge in [-0.15, -0.1) is 11.3 Å². The molecule has 33 heavy (non-hydrogen) atoms. The lowest BCUT2D eigenvalue weighted by molar-refractivity contribution is -0.137. The molecule has 0 atom stereocenters. The van der Waals surface area contributed by atoms with E-state index in [0.717, 1.165) is 23.3 Å². The largest absolute Gasteiger partial charge is 0.416 e. The van der Waals surface area contributed by atoms with Gasteiger partial charge in [-0.3, -0.25) is 13.8 Å². The summed E-state index contributed by atoms with van der Waals surface area (Å²) in [6, 6.07) is 20.1. The van der Waals surface area contributed by atoms with Gasteiger partial charge in [0.1, 0.15) is 5.65 Å². The lowest BCUT2D eigenvalue weighted by atomic mass is 10.1. The van der Waals surface area contributed by atoms with Crippen LogP contribution >= 0.6 is 23.6 Å². The molecule has 0 fully saturated rings. The molecule has 0 saturated heterocycles. The molecule has 3 nitrogen and oxygen atoms in total. The van der Waals surface area contributed by atoms with Gasteiger partial charge in [-0.2, -0.15) is 13.2 Å². The minimum absolute atomic E-state index is 0.215. The third-order valence-electron chi connectivity index (χ3n) is 5.54. The zero-order valence-corrected chi connectivity index (χ0v) is 19.0. The second-order valence-electron chi connectivity index (χ2n) is 7.83. The first-order valence-electron chi connectivity index (χ1n) is 10.1. The molecular weight excluding hydrogens is 465 g/mol. The van der Waals surface area contributed by atoms with E-state index >= 15 is 0 Å². The first-order chi connectivity index (χ1) is 15.7. The Hall–Kier alpha value is -3.23. The molecule has 0 radical (unpaired) electrons. The molecule has 2 heterocycles. The Balaban J connectivity index is 1.88. The third-order valence-corrected chi connectivity index (χ3v) is 6.95. The van der Waals surface area contributed by atoms with Crippen LogP contribution in [0.3, 0.4) is 0 Å². The number of halogens is 3. The van der Waals surface area contributed by atoms with Crippen LogP contribution in [0.5, 0.6) is 0 Å². The van der Waals surface area contributed by atoms with E-state index in [1.165, 1.54) is 17.4 Å². The van der Waals surface area contributed by atoms with Gasteiger partial charge in [0.2, 0.25) is 0 Å². The fourth-order valence-corrected chi connectivity index (χ4v) is 5.50. The zero-order valence-electron chi connectivity index (χ0n) is 17.4. The summed E-state index contributed by atoms with van der Waals surface area (Å²) < 4.78 is 44.1. The highest BCUT2D eigenvalue weighted by Crippen LogP contribution is 2.37. The van der Waals surface area contributed by atoms with Crippen molar-refractivity contribution < 1.29 is 13.2 Å². The Labute approximate surface area is 196 Å². The van der Waals surface area contributed by atoms with E-state index in [1.807, 2.05) is 37.3 Å². The lowest BCUT2D eigenvalue weighted by Gasteiger charge is -2.14. The fourth-order valence-electron chi connectivity index (χ4n) is 4.08. The molecule has 3 aromatic carbocycles. The monoisotopic (exact) mass is 482 g/mol. The molecule has 5 rings (SSSR count). The number of aromatic nitrogens is 2. The molecule has 0 aliphatic carbocycles. The molecule has 0 aliphatic heterocycles. The number of para-hydroxylation sites is 1. The maximum atomic E-state index is 13.6. The third kappa shape index (κ3) is 3.79. The highest BCUT2D eigenvalue weighted by atomic mass is 32.1. The molecule has 0 saturated carbocycles. The highest BCUT2D eigenvalue weighted by molar-refractivity contribution is 7.73. The van der Waals surface area contributed by atoms with E-state index in [1.54, 1.807) is 33.2 Å². The second kappa shape index (κ2) is 7.97. The van der Waals surface area contributed by atoms with Crippen molar-refractivity contribution in [1.82, 2.24) is 8.97 Å².